The van der Waals surface area contributed by atoms with Crippen LogP contribution in [0.1, 0.15) is 40.5 Å². The molecule has 1 aliphatic heterocycles. The monoisotopic (exact) mass is 594 g/mol. The summed E-state index contributed by atoms with van der Waals surface area (Å²) < 4.78 is 10.3. The Morgan fingerprint density at radius 2 is 1.71 bits per heavy atom. The van der Waals surface area contributed by atoms with Gasteiger partial charge in [0.15, 0.2) is 0 Å². The molecule has 12 heteroatoms. The van der Waals surface area contributed by atoms with E-state index in [1.807, 2.05) is 6.92 Å². The SMILES string of the molecule is CCCOC(=O)c1ccc(NC(=O)C[C@H]2C(=O)N(c3ccc(Cl)cc3)C(=S)N2NC(=O)c2cccc(OC)c2)cc1. The molecule has 1 heterocycles. The van der Waals surface area contributed by atoms with Gasteiger partial charge in [-0.2, -0.15) is 0 Å². The number of nitrogens with one attached hydrogen (secondary N) is 2. The van der Waals surface area contributed by atoms with E-state index < -0.39 is 29.7 Å². The number of anilines is 2. The highest BCUT2D eigenvalue weighted by Crippen LogP contribution is 2.28. The lowest BCUT2D eigenvalue weighted by atomic mass is 10.1. The zero-order valence-corrected chi connectivity index (χ0v) is 23.8. The molecular weight excluding hydrogens is 568 g/mol. The molecular formula is C29H27ClN4O6S. The molecule has 0 aromatic heterocycles. The summed E-state index contributed by atoms with van der Waals surface area (Å²) in [6.07, 6.45) is 0.372. The van der Waals surface area contributed by atoms with Crippen LogP contribution in [0.25, 0.3) is 0 Å². The Bertz CT molecular complexity index is 1460. The van der Waals surface area contributed by atoms with E-state index in [4.69, 9.17) is 33.3 Å². The van der Waals surface area contributed by atoms with Crippen LogP contribution in [0.5, 0.6) is 5.75 Å². The summed E-state index contributed by atoms with van der Waals surface area (Å²) >= 11 is 11.6. The Balaban J connectivity index is 1.53. The highest BCUT2D eigenvalue weighted by Gasteiger charge is 2.45. The molecule has 2 N–H and O–H groups in total. The quantitative estimate of drug-likeness (QED) is 0.259. The highest BCUT2D eigenvalue weighted by molar-refractivity contribution is 7.80. The van der Waals surface area contributed by atoms with Crippen molar-refractivity contribution in [2.75, 3.05) is 23.9 Å². The molecule has 0 bridgehead atoms. The molecule has 0 spiro atoms. The summed E-state index contributed by atoms with van der Waals surface area (Å²) in [5, 5.41) is 4.38. The molecule has 3 amide bonds. The Morgan fingerprint density at radius 1 is 1.00 bits per heavy atom. The lowest BCUT2D eigenvalue weighted by molar-refractivity contribution is -0.124. The molecule has 1 fully saturated rings. The number of amides is 3. The second kappa shape index (κ2) is 13.2. The van der Waals surface area contributed by atoms with Gasteiger partial charge in [0, 0.05) is 16.3 Å². The normalized spacial score (nSPS) is 14.6. The Kier molecular flexibility index (Phi) is 9.53. The maximum atomic E-state index is 13.6. The standard InChI is InChI=1S/C29H27ClN4O6S/c1-3-15-40-28(38)18-7-11-21(12-8-18)31-25(35)17-24-27(37)33(22-13-9-20(30)10-14-22)29(41)34(24)32-26(36)19-5-4-6-23(16-19)39-2/h4-14,16,24H,3,15,17H2,1-2H3,(H,31,35)(H,32,36)/t24-/m0/s1. The molecule has 1 aliphatic rings. The third-order valence-corrected chi connectivity index (χ3v) is 6.70. The molecule has 10 nitrogen and oxygen atoms in total. The number of rotatable bonds is 10. The van der Waals surface area contributed by atoms with Gasteiger partial charge in [0.2, 0.25) is 11.0 Å². The van der Waals surface area contributed by atoms with E-state index in [2.05, 4.69) is 10.7 Å². The minimum atomic E-state index is -1.14. The average molecular weight is 595 g/mol. The second-order valence-electron chi connectivity index (χ2n) is 8.96. The number of hydrogen-bond donors (Lipinski definition) is 2. The van der Waals surface area contributed by atoms with Crippen molar-refractivity contribution in [3.05, 3.63) is 88.9 Å². The Labute approximate surface area is 247 Å². The molecule has 0 radical (unpaired) electrons. The van der Waals surface area contributed by atoms with Crippen LogP contribution in [0.4, 0.5) is 11.4 Å². The Morgan fingerprint density at radius 3 is 2.37 bits per heavy atom. The van der Waals surface area contributed by atoms with Crippen LogP contribution in [0.2, 0.25) is 5.02 Å². The number of carbonyl (C=O) groups excluding carboxylic acids is 4. The molecule has 1 atom stereocenters. The van der Waals surface area contributed by atoms with E-state index in [0.717, 1.165) is 0 Å². The van der Waals surface area contributed by atoms with Crippen LogP contribution >= 0.6 is 23.8 Å². The number of methoxy groups -OCH3 is 1. The molecule has 0 unspecified atom stereocenters. The van der Waals surface area contributed by atoms with E-state index in [1.54, 1.807) is 54.6 Å². The summed E-state index contributed by atoms with van der Waals surface area (Å²) in [6.45, 7) is 2.21. The van der Waals surface area contributed by atoms with Crippen molar-refractivity contribution in [2.45, 2.75) is 25.8 Å². The van der Waals surface area contributed by atoms with Gasteiger partial charge in [-0.3, -0.25) is 24.7 Å². The second-order valence-corrected chi connectivity index (χ2v) is 9.76. The van der Waals surface area contributed by atoms with Crippen molar-refractivity contribution in [1.82, 2.24) is 10.4 Å². The van der Waals surface area contributed by atoms with E-state index in [0.29, 0.717) is 40.7 Å². The maximum Gasteiger partial charge on any atom is 0.338 e. The van der Waals surface area contributed by atoms with Crippen LogP contribution < -0.4 is 20.4 Å². The van der Waals surface area contributed by atoms with Gasteiger partial charge in [0.05, 0.1) is 31.4 Å². The van der Waals surface area contributed by atoms with Crippen LogP contribution in [0.3, 0.4) is 0 Å². The van der Waals surface area contributed by atoms with Gasteiger partial charge in [-0.15, -0.1) is 0 Å². The lowest BCUT2D eigenvalue weighted by Gasteiger charge is -2.24. The number of thiocarbonyl (C=S) groups is 1. The highest BCUT2D eigenvalue weighted by atomic mass is 35.5. The number of hydrogen-bond acceptors (Lipinski definition) is 7. The van der Waals surface area contributed by atoms with Gasteiger partial charge in [-0.1, -0.05) is 24.6 Å². The molecule has 0 aliphatic carbocycles. The van der Waals surface area contributed by atoms with E-state index in [1.165, 1.54) is 35.2 Å². The summed E-state index contributed by atoms with van der Waals surface area (Å²) in [7, 11) is 1.48. The first kappa shape index (κ1) is 29.5. The van der Waals surface area contributed by atoms with E-state index in [9.17, 15) is 19.2 Å². The average Bonchev–Trinajstić information content (AvgIpc) is 3.20. The Hall–Kier alpha value is -4.48. The van der Waals surface area contributed by atoms with Crippen LogP contribution in [-0.2, 0) is 14.3 Å². The summed E-state index contributed by atoms with van der Waals surface area (Å²) in [6, 6.07) is 18.0. The van der Waals surface area contributed by atoms with Gasteiger partial charge < -0.3 is 14.8 Å². The van der Waals surface area contributed by atoms with Crippen LogP contribution in [0.15, 0.2) is 72.8 Å². The number of benzene rings is 3. The number of carbonyl (C=O) groups is 4. The zero-order chi connectivity index (χ0) is 29.5. The van der Waals surface area contributed by atoms with Gasteiger partial charge >= 0.3 is 5.97 Å². The number of esters is 1. The summed E-state index contributed by atoms with van der Waals surface area (Å²) in [5.41, 5.74) is 4.13. The molecule has 41 heavy (non-hydrogen) atoms. The number of nitrogens with zero attached hydrogens (tertiary/aromatic N) is 2. The molecule has 4 rings (SSSR count). The maximum absolute atomic E-state index is 13.6. The summed E-state index contributed by atoms with van der Waals surface area (Å²) in [4.78, 5) is 53.1. The van der Waals surface area contributed by atoms with Crippen molar-refractivity contribution in [1.29, 1.82) is 0 Å². The van der Waals surface area contributed by atoms with Crippen molar-refractivity contribution in [2.24, 2.45) is 0 Å². The predicted octanol–water partition coefficient (Wildman–Crippen LogP) is 4.59. The minimum absolute atomic E-state index is 0.0127. The fourth-order valence-electron chi connectivity index (χ4n) is 4.02. The number of hydrazine groups is 1. The first-order valence-corrected chi connectivity index (χ1v) is 13.4. The number of ether oxygens (including phenoxy) is 2. The largest absolute Gasteiger partial charge is 0.497 e. The third-order valence-electron chi connectivity index (χ3n) is 6.07. The first-order chi connectivity index (χ1) is 19.7. The lowest BCUT2D eigenvalue weighted by Crippen LogP contribution is -2.49. The van der Waals surface area contributed by atoms with Crippen molar-refractivity contribution in [3.8, 4) is 5.75 Å². The topological polar surface area (TPSA) is 117 Å². The first-order valence-electron chi connectivity index (χ1n) is 12.7. The van der Waals surface area contributed by atoms with Gasteiger partial charge in [0.1, 0.15) is 11.8 Å². The summed E-state index contributed by atoms with van der Waals surface area (Å²) in [5.74, 6) is -1.55. The van der Waals surface area contributed by atoms with Gasteiger partial charge in [0.25, 0.3) is 11.8 Å². The van der Waals surface area contributed by atoms with Crippen LogP contribution in [0, 0.1) is 0 Å². The van der Waals surface area contributed by atoms with Crippen molar-refractivity contribution >= 4 is 64.0 Å². The van der Waals surface area contributed by atoms with E-state index in [-0.39, 0.29) is 17.1 Å². The predicted molar refractivity (Wildman–Crippen MR) is 158 cm³/mol. The smallest absolute Gasteiger partial charge is 0.338 e. The third kappa shape index (κ3) is 7.00. The molecule has 212 valence electrons. The fraction of sp³-hybridized carbons (Fsp3) is 0.207. The molecule has 3 aromatic carbocycles. The number of halogens is 1. The van der Waals surface area contributed by atoms with Crippen molar-refractivity contribution in [3.63, 3.8) is 0 Å². The molecule has 3 aromatic rings. The molecule has 1 saturated heterocycles. The molecule has 0 saturated carbocycles. The van der Waals surface area contributed by atoms with Crippen LogP contribution in [-0.4, -0.2) is 53.6 Å². The minimum Gasteiger partial charge on any atom is -0.497 e. The van der Waals surface area contributed by atoms with Gasteiger partial charge in [-0.25, -0.2) is 9.80 Å². The zero-order valence-electron chi connectivity index (χ0n) is 22.3. The van der Waals surface area contributed by atoms with Gasteiger partial charge in [-0.05, 0) is 85.4 Å². The fourth-order valence-corrected chi connectivity index (χ4v) is 4.51. The van der Waals surface area contributed by atoms with E-state index >= 15 is 0 Å². The van der Waals surface area contributed by atoms with Crippen molar-refractivity contribution < 1.29 is 28.7 Å².